The van der Waals surface area contributed by atoms with Crippen molar-refractivity contribution in [2.75, 3.05) is 37.6 Å². The van der Waals surface area contributed by atoms with Gasteiger partial charge in [-0.05, 0) is 87.5 Å². The van der Waals surface area contributed by atoms with E-state index in [2.05, 4.69) is 54.3 Å². The second-order valence-corrected chi connectivity index (χ2v) is 17.0. The van der Waals surface area contributed by atoms with Gasteiger partial charge in [0.05, 0.1) is 34.4 Å². The van der Waals surface area contributed by atoms with E-state index in [1.807, 2.05) is 48.1 Å². The van der Waals surface area contributed by atoms with E-state index in [9.17, 15) is 19.2 Å². The standard InChI is InChI=1S/C45H45ClN10O4/c1-28-50-51-44-45(17-18-45)49-40(29-9-12-32(46)13-10-29)34-25-30(11-14-35(34)55(28)44)31-26-47-54(27-31)20-5-3-2-4-19-52-21-23-53(24-22-52)36-8-6-7-33-39(36)43(60)56(42(33)59)37-15-16-38(57)48-41(37)58/h6-14,25-27,37H,2-5,15-24H2,1H3,(H,48,57,58). The average molecular weight is 825 g/mol. The van der Waals surface area contributed by atoms with E-state index in [1.54, 1.807) is 12.1 Å². The maximum atomic E-state index is 13.6. The van der Waals surface area contributed by atoms with Crippen molar-refractivity contribution in [3.8, 4) is 16.8 Å². The van der Waals surface area contributed by atoms with Crippen LogP contribution in [0.3, 0.4) is 0 Å². The van der Waals surface area contributed by atoms with E-state index in [-0.39, 0.29) is 24.3 Å². The zero-order valence-electron chi connectivity index (χ0n) is 33.4. The molecule has 2 saturated heterocycles. The maximum absolute atomic E-state index is 13.6. The van der Waals surface area contributed by atoms with Gasteiger partial charge in [-0.3, -0.25) is 48.5 Å². The van der Waals surface area contributed by atoms with Gasteiger partial charge in [-0.1, -0.05) is 48.7 Å². The lowest BCUT2D eigenvalue weighted by Gasteiger charge is -2.36. The lowest BCUT2D eigenvalue weighted by Crippen LogP contribution is -2.54. The Labute approximate surface area is 352 Å². The Kier molecular flexibility index (Phi) is 9.71. The number of amides is 4. The van der Waals surface area contributed by atoms with Crippen molar-refractivity contribution < 1.29 is 19.2 Å². The Morgan fingerprint density at radius 2 is 1.57 bits per heavy atom. The Morgan fingerprint density at radius 1 is 0.800 bits per heavy atom. The topological polar surface area (TPSA) is 151 Å². The number of imide groups is 2. The van der Waals surface area contributed by atoms with Gasteiger partial charge in [-0.25, -0.2) is 0 Å². The van der Waals surface area contributed by atoms with E-state index in [4.69, 9.17) is 21.7 Å². The Bertz CT molecular complexity index is 2580. The van der Waals surface area contributed by atoms with Crippen LogP contribution < -0.4 is 10.2 Å². The summed E-state index contributed by atoms with van der Waals surface area (Å²) < 4.78 is 4.21. The normalized spacial score (nSPS) is 19.6. The van der Waals surface area contributed by atoms with Crippen molar-refractivity contribution in [1.82, 2.24) is 39.7 Å². The number of aliphatic imine (C=N–C) groups is 1. The number of nitrogens with one attached hydrogen (secondary N) is 1. The number of halogens is 1. The summed E-state index contributed by atoms with van der Waals surface area (Å²) in [6, 6.07) is 18.8. The van der Waals surface area contributed by atoms with Crippen molar-refractivity contribution in [3.63, 3.8) is 0 Å². The minimum Gasteiger partial charge on any atom is -0.368 e. The van der Waals surface area contributed by atoms with Crippen LogP contribution in [0, 0.1) is 6.92 Å². The van der Waals surface area contributed by atoms with Crippen LogP contribution in [-0.2, 0) is 21.7 Å². The van der Waals surface area contributed by atoms with Crippen LogP contribution in [0.25, 0.3) is 16.8 Å². The summed E-state index contributed by atoms with van der Waals surface area (Å²) in [6.45, 7) is 7.03. The molecule has 10 rings (SSSR count). The van der Waals surface area contributed by atoms with Gasteiger partial charge in [-0.15, -0.1) is 10.2 Å². The fourth-order valence-electron chi connectivity index (χ4n) is 9.23. The number of hydrogen-bond acceptors (Lipinski definition) is 10. The minimum atomic E-state index is -0.974. The number of benzene rings is 3. The average Bonchev–Trinajstić information content (AvgIpc) is 3.60. The highest BCUT2D eigenvalue weighted by Crippen LogP contribution is 2.52. The first-order valence-electron chi connectivity index (χ1n) is 21.0. The molecule has 14 nitrogen and oxygen atoms in total. The Hall–Kier alpha value is -5.99. The SMILES string of the molecule is Cc1nnc2n1-c1ccc(-c3cnn(CCCCCCN4CCN(c5cccc6c5C(=O)N(C5CCC(=O)NC5=O)C6=O)CC4)c3)cc1C(c1ccc(Cl)cc1)=NC21CC1. The van der Waals surface area contributed by atoms with Crippen molar-refractivity contribution in [2.45, 2.75) is 76.4 Å². The summed E-state index contributed by atoms with van der Waals surface area (Å²) in [7, 11) is 0. The molecule has 4 amide bonds. The molecule has 1 saturated carbocycles. The highest BCUT2D eigenvalue weighted by atomic mass is 35.5. The molecular weight excluding hydrogens is 780 g/mol. The molecule has 306 valence electrons. The monoisotopic (exact) mass is 824 g/mol. The number of unbranched alkanes of at least 4 members (excludes halogenated alkanes) is 3. The van der Waals surface area contributed by atoms with Crippen molar-refractivity contribution in [3.05, 3.63) is 112 Å². The van der Waals surface area contributed by atoms with E-state index < -0.39 is 23.8 Å². The number of piperazine rings is 1. The first-order chi connectivity index (χ1) is 29.2. The van der Waals surface area contributed by atoms with Gasteiger partial charge in [0, 0.05) is 67.1 Å². The number of aromatic nitrogens is 5. The van der Waals surface area contributed by atoms with Crippen LogP contribution in [-0.4, -0.2) is 102 Å². The van der Waals surface area contributed by atoms with Gasteiger partial charge < -0.3 is 4.90 Å². The molecule has 6 heterocycles. The van der Waals surface area contributed by atoms with Crippen molar-refractivity contribution >= 4 is 46.6 Å². The van der Waals surface area contributed by atoms with Gasteiger partial charge >= 0.3 is 0 Å². The lowest BCUT2D eigenvalue weighted by molar-refractivity contribution is -0.136. The zero-order valence-corrected chi connectivity index (χ0v) is 34.2. The van der Waals surface area contributed by atoms with Crippen LogP contribution in [0.1, 0.15) is 94.9 Å². The summed E-state index contributed by atoms with van der Waals surface area (Å²) in [6.07, 6.45) is 10.6. The van der Waals surface area contributed by atoms with Crippen molar-refractivity contribution in [1.29, 1.82) is 0 Å². The van der Waals surface area contributed by atoms with E-state index in [1.165, 1.54) is 0 Å². The molecule has 2 aromatic heterocycles. The number of carbonyl (C=O) groups excluding carboxylic acids is 4. The fourth-order valence-corrected chi connectivity index (χ4v) is 9.35. The zero-order chi connectivity index (χ0) is 41.1. The molecule has 0 bridgehead atoms. The molecule has 15 heteroatoms. The maximum Gasteiger partial charge on any atom is 0.264 e. The molecule has 0 radical (unpaired) electrons. The third-order valence-corrected chi connectivity index (χ3v) is 12.9. The van der Waals surface area contributed by atoms with Gasteiger partial charge in [0.1, 0.15) is 17.4 Å². The molecule has 1 aliphatic carbocycles. The first-order valence-corrected chi connectivity index (χ1v) is 21.3. The van der Waals surface area contributed by atoms with E-state index in [0.717, 1.165) is 134 Å². The summed E-state index contributed by atoms with van der Waals surface area (Å²) in [5, 5.41) is 16.8. The predicted molar refractivity (Wildman–Crippen MR) is 226 cm³/mol. The number of anilines is 1. The third-order valence-electron chi connectivity index (χ3n) is 12.6. The fraction of sp³-hybridized carbons (Fsp3) is 0.378. The second kappa shape index (κ2) is 15.2. The van der Waals surface area contributed by atoms with E-state index in [0.29, 0.717) is 16.1 Å². The molecule has 60 heavy (non-hydrogen) atoms. The lowest BCUT2D eigenvalue weighted by atomic mass is 9.96. The summed E-state index contributed by atoms with van der Waals surface area (Å²) in [5.74, 6) is -0.171. The third kappa shape index (κ3) is 6.81. The molecule has 5 aromatic rings. The molecule has 3 fully saturated rings. The van der Waals surface area contributed by atoms with Gasteiger partial charge in [0.15, 0.2) is 5.82 Å². The molecule has 1 N–H and O–H groups in total. The molecular formula is C45H45ClN10O4. The van der Waals surface area contributed by atoms with Gasteiger partial charge in [0.2, 0.25) is 11.8 Å². The summed E-state index contributed by atoms with van der Waals surface area (Å²) in [4.78, 5) is 62.2. The smallest absolute Gasteiger partial charge is 0.264 e. The quantitative estimate of drug-likeness (QED) is 0.130. The number of aryl methyl sites for hydroxylation is 2. The number of fused-ring (bicyclic) bond motifs is 5. The highest BCUT2D eigenvalue weighted by Gasteiger charge is 2.51. The summed E-state index contributed by atoms with van der Waals surface area (Å²) >= 11 is 6.29. The van der Waals surface area contributed by atoms with E-state index >= 15 is 0 Å². The second-order valence-electron chi connectivity index (χ2n) is 16.5. The number of rotatable bonds is 11. The molecule has 3 aromatic carbocycles. The number of piperidine rings is 1. The van der Waals surface area contributed by atoms with Crippen LogP contribution >= 0.6 is 11.6 Å². The Balaban J connectivity index is 0.726. The van der Waals surface area contributed by atoms with Gasteiger partial charge in [-0.2, -0.15) is 5.10 Å². The van der Waals surface area contributed by atoms with Crippen molar-refractivity contribution in [2.24, 2.45) is 4.99 Å². The first kappa shape index (κ1) is 38.2. The minimum absolute atomic E-state index is 0.0960. The molecule has 1 spiro atoms. The number of carbonyl (C=O) groups is 4. The van der Waals surface area contributed by atoms with Crippen LogP contribution in [0.4, 0.5) is 5.69 Å². The van der Waals surface area contributed by atoms with Crippen LogP contribution in [0.5, 0.6) is 0 Å². The number of hydrogen-bond donors (Lipinski definition) is 1. The van der Waals surface area contributed by atoms with Gasteiger partial charge in [0.25, 0.3) is 11.8 Å². The molecule has 1 unspecified atom stereocenters. The summed E-state index contributed by atoms with van der Waals surface area (Å²) in [5.41, 5.74) is 7.19. The molecule has 5 aliphatic rings. The molecule has 1 atom stereocenters. The number of nitrogens with zero attached hydrogens (tertiary/aromatic N) is 9. The van der Waals surface area contributed by atoms with Crippen LogP contribution in [0.2, 0.25) is 5.02 Å². The van der Waals surface area contributed by atoms with Crippen LogP contribution in [0.15, 0.2) is 78.0 Å². The Morgan fingerprint density at radius 3 is 2.33 bits per heavy atom. The predicted octanol–water partition coefficient (Wildman–Crippen LogP) is 5.72. The highest BCUT2D eigenvalue weighted by molar-refractivity contribution is 6.30. The largest absolute Gasteiger partial charge is 0.368 e. The molecule has 4 aliphatic heterocycles.